The standard InChI is InChI=1S/C16H27NO2/c1-12(2)15-8-13(3)9-16(10-15)19-7-5-6-17-11-14(4)18/h8-10,12,14,17-18H,5-7,11H2,1-4H3/p+1/t14-/m1/s1. The Morgan fingerprint density at radius 2 is 1.95 bits per heavy atom. The van der Waals surface area contributed by atoms with Gasteiger partial charge in [-0.2, -0.15) is 0 Å². The number of aliphatic hydroxyl groups excluding tert-OH is 1. The molecule has 19 heavy (non-hydrogen) atoms. The third-order valence-electron chi connectivity index (χ3n) is 3.07. The van der Waals surface area contributed by atoms with Crippen LogP contribution >= 0.6 is 0 Å². The summed E-state index contributed by atoms with van der Waals surface area (Å²) in [6, 6.07) is 6.44. The van der Waals surface area contributed by atoms with E-state index in [2.05, 4.69) is 44.3 Å². The van der Waals surface area contributed by atoms with E-state index in [4.69, 9.17) is 9.84 Å². The summed E-state index contributed by atoms with van der Waals surface area (Å²) in [6.07, 6.45) is 0.767. The Bertz CT molecular complexity index is 375. The second-order valence-corrected chi connectivity index (χ2v) is 5.60. The van der Waals surface area contributed by atoms with Gasteiger partial charge in [-0.05, 0) is 43.0 Å². The van der Waals surface area contributed by atoms with Crippen molar-refractivity contribution in [1.29, 1.82) is 0 Å². The molecule has 0 radical (unpaired) electrons. The van der Waals surface area contributed by atoms with Gasteiger partial charge in [-0.3, -0.25) is 0 Å². The molecular weight excluding hydrogens is 238 g/mol. The third kappa shape index (κ3) is 6.60. The summed E-state index contributed by atoms with van der Waals surface area (Å²) in [4.78, 5) is 0. The maximum Gasteiger partial charge on any atom is 0.119 e. The van der Waals surface area contributed by atoms with Gasteiger partial charge >= 0.3 is 0 Å². The van der Waals surface area contributed by atoms with E-state index >= 15 is 0 Å². The lowest BCUT2D eigenvalue weighted by molar-refractivity contribution is -0.660. The van der Waals surface area contributed by atoms with Gasteiger partial charge in [0.2, 0.25) is 0 Å². The smallest absolute Gasteiger partial charge is 0.119 e. The number of aliphatic hydroxyl groups is 1. The SMILES string of the molecule is Cc1cc(OCCC[NH2+]C[C@@H](C)O)cc(C(C)C)c1. The molecule has 0 aliphatic heterocycles. The average molecular weight is 266 g/mol. The molecule has 0 aliphatic carbocycles. The highest BCUT2D eigenvalue weighted by molar-refractivity contribution is 5.35. The van der Waals surface area contributed by atoms with E-state index < -0.39 is 0 Å². The molecule has 1 aromatic carbocycles. The van der Waals surface area contributed by atoms with Crippen LogP contribution in [0.5, 0.6) is 5.75 Å². The lowest BCUT2D eigenvalue weighted by Gasteiger charge is -2.11. The first-order valence-electron chi connectivity index (χ1n) is 7.23. The van der Waals surface area contributed by atoms with Crippen LogP contribution in [0.25, 0.3) is 0 Å². The highest BCUT2D eigenvalue weighted by Crippen LogP contribution is 2.22. The molecule has 3 N–H and O–H groups in total. The van der Waals surface area contributed by atoms with Gasteiger partial charge in [0.05, 0.1) is 19.3 Å². The van der Waals surface area contributed by atoms with Gasteiger partial charge in [0.15, 0.2) is 0 Å². The number of hydrogen-bond donors (Lipinski definition) is 2. The molecule has 0 heterocycles. The highest BCUT2D eigenvalue weighted by Gasteiger charge is 2.04. The number of quaternary nitrogens is 1. The molecule has 3 heteroatoms. The molecule has 1 rings (SSSR count). The van der Waals surface area contributed by atoms with Crippen molar-refractivity contribution in [3.05, 3.63) is 29.3 Å². The van der Waals surface area contributed by atoms with Gasteiger partial charge in [0.25, 0.3) is 0 Å². The minimum atomic E-state index is -0.230. The van der Waals surface area contributed by atoms with E-state index in [-0.39, 0.29) is 6.10 Å². The normalized spacial score (nSPS) is 12.7. The van der Waals surface area contributed by atoms with Gasteiger partial charge in [-0.25, -0.2) is 0 Å². The van der Waals surface area contributed by atoms with Crippen LogP contribution < -0.4 is 10.1 Å². The first kappa shape index (κ1) is 16.0. The van der Waals surface area contributed by atoms with Crippen LogP contribution in [0.15, 0.2) is 18.2 Å². The molecule has 0 spiro atoms. The lowest BCUT2D eigenvalue weighted by Crippen LogP contribution is -2.86. The molecule has 0 amide bonds. The molecule has 1 atom stereocenters. The summed E-state index contributed by atoms with van der Waals surface area (Å²) in [5.74, 6) is 1.50. The van der Waals surface area contributed by atoms with Crippen LogP contribution in [0.4, 0.5) is 0 Å². The topological polar surface area (TPSA) is 46.1 Å². The average Bonchev–Trinajstić information content (AvgIpc) is 2.32. The highest BCUT2D eigenvalue weighted by atomic mass is 16.5. The van der Waals surface area contributed by atoms with Crippen LogP contribution in [0.2, 0.25) is 0 Å². The van der Waals surface area contributed by atoms with Crippen molar-refractivity contribution in [2.24, 2.45) is 0 Å². The van der Waals surface area contributed by atoms with E-state index in [9.17, 15) is 0 Å². The van der Waals surface area contributed by atoms with Crippen molar-refractivity contribution in [2.45, 2.75) is 46.1 Å². The molecule has 0 saturated carbocycles. The van der Waals surface area contributed by atoms with Crippen molar-refractivity contribution in [3.63, 3.8) is 0 Å². The Labute approximate surface area is 117 Å². The van der Waals surface area contributed by atoms with Gasteiger partial charge in [0.1, 0.15) is 12.3 Å². The molecule has 3 nitrogen and oxygen atoms in total. The number of nitrogens with two attached hydrogens (primary N) is 1. The summed E-state index contributed by atoms with van der Waals surface area (Å²) >= 11 is 0. The molecule has 0 saturated heterocycles. The van der Waals surface area contributed by atoms with Gasteiger partial charge in [-0.1, -0.05) is 19.9 Å². The van der Waals surface area contributed by atoms with Crippen LogP contribution in [0.1, 0.15) is 44.2 Å². The number of rotatable bonds is 8. The first-order valence-corrected chi connectivity index (χ1v) is 7.23. The van der Waals surface area contributed by atoms with Crippen LogP contribution in [-0.2, 0) is 0 Å². The molecular formula is C16H28NO2+. The number of aryl methyl sites for hydroxylation is 1. The van der Waals surface area contributed by atoms with Crippen LogP contribution in [0.3, 0.4) is 0 Å². The lowest BCUT2D eigenvalue weighted by atomic mass is 10.0. The van der Waals surface area contributed by atoms with E-state index in [1.807, 2.05) is 6.92 Å². The monoisotopic (exact) mass is 266 g/mol. The quantitative estimate of drug-likeness (QED) is 0.705. The van der Waals surface area contributed by atoms with Gasteiger partial charge < -0.3 is 15.2 Å². The fourth-order valence-electron chi connectivity index (χ4n) is 1.97. The summed E-state index contributed by atoms with van der Waals surface area (Å²) in [5.41, 5.74) is 2.58. The molecule has 0 aromatic heterocycles. The Kier molecular flexibility index (Phi) is 6.89. The van der Waals surface area contributed by atoms with E-state index in [1.165, 1.54) is 11.1 Å². The Morgan fingerprint density at radius 1 is 1.21 bits per heavy atom. The third-order valence-corrected chi connectivity index (χ3v) is 3.07. The number of benzene rings is 1. The molecule has 0 bridgehead atoms. The van der Waals surface area contributed by atoms with Gasteiger partial charge in [0, 0.05) is 6.42 Å². The summed E-state index contributed by atoms with van der Waals surface area (Å²) in [7, 11) is 0. The zero-order valence-electron chi connectivity index (χ0n) is 12.6. The van der Waals surface area contributed by atoms with E-state index in [0.29, 0.717) is 5.92 Å². The molecule has 108 valence electrons. The zero-order chi connectivity index (χ0) is 14.3. The summed E-state index contributed by atoms with van der Waals surface area (Å²) in [5, 5.41) is 11.3. The van der Waals surface area contributed by atoms with Crippen molar-refractivity contribution >= 4 is 0 Å². The van der Waals surface area contributed by atoms with Crippen molar-refractivity contribution in [2.75, 3.05) is 19.7 Å². The van der Waals surface area contributed by atoms with Crippen molar-refractivity contribution in [1.82, 2.24) is 0 Å². The first-order chi connectivity index (χ1) is 8.99. The van der Waals surface area contributed by atoms with Crippen molar-refractivity contribution < 1.29 is 15.2 Å². The molecule has 0 fully saturated rings. The Balaban J connectivity index is 2.33. The summed E-state index contributed by atoms with van der Waals surface area (Å²) < 4.78 is 5.80. The van der Waals surface area contributed by atoms with Gasteiger partial charge in [-0.15, -0.1) is 0 Å². The Hall–Kier alpha value is -1.06. The van der Waals surface area contributed by atoms with Crippen LogP contribution in [-0.4, -0.2) is 30.9 Å². The predicted octanol–water partition coefficient (Wildman–Crippen LogP) is 1.83. The maximum absolute atomic E-state index is 9.14. The molecule has 0 unspecified atom stereocenters. The van der Waals surface area contributed by atoms with E-state index in [1.54, 1.807) is 0 Å². The minimum Gasteiger partial charge on any atom is -0.493 e. The summed E-state index contributed by atoms with van der Waals surface area (Å²) in [6.45, 7) is 10.8. The predicted molar refractivity (Wildman–Crippen MR) is 78.7 cm³/mol. The fraction of sp³-hybridized carbons (Fsp3) is 0.625. The molecule has 1 aromatic rings. The zero-order valence-corrected chi connectivity index (χ0v) is 12.6. The largest absolute Gasteiger partial charge is 0.493 e. The second kappa shape index (κ2) is 8.18. The minimum absolute atomic E-state index is 0.230. The van der Waals surface area contributed by atoms with E-state index in [0.717, 1.165) is 31.9 Å². The number of ether oxygens (including phenoxy) is 1. The Morgan fingerprint density at radius 3 is 2.58 bits per heavy atom. The number of hydrogen-bond acceptors (Lipinski definition) is 2. The maximum atomic E-state index is 9.14. The van der Waals surface area contributed by atoms with Crippen molar-refractivity contribution in [3.8, 4) is 5.75 Å². The molecule has 0 aliphatic rings. The second-order valence-electron chi connectivity index (χ2n) is 5.60. The fourth-order valence-corrected chi connectivity index (χ4v) is 1.97. The van der Waals surface area contributed by atoms with Crippen LogP contribution in [0, 0.1) is 6.92 Å².